The van der Waals surface area contributed by atoms with Crippen LogP contribution in [0, 0.1) is 0 Å². The summed E-state index contributed by atoms with van der Waals surface area (Å²) in [6.45, 7) is 1.48. The van der Waals surface area contributed by atoms with E-state index < -0.39 is 11.9 Å². The molecule has 1 amide bonds. The van der Waals surface area contributed by atoms with Gasteiger partial charge in [0.2, 0.25) is 0 Å². The number of rotatable bonds is 6. The van der Waals surface area contributed by atoms with Gasteiger partial charge in [-0.15, -0.1) is 0 Å². The summed E-state index contributed by atoms with van der Waals surface area (Å²) in [5, 5.41) is 0.537. The smallest absolute Gasteiger partial charge is 0.343 e. The van der Waals surface area contributed by atoms with Gasteiger partial charge in [0, 0.05) is 16.4 Å². The molecule has 160 valence electrons. The summed E-state index contributed by atoms with van der Waals surface area (Å²) in [6.07, 6.45) is 1.61. The molecule has 0 atom stereocenters. The van der Waals surface area contributed by atoms with Gasteiger partial charge in [0.25, 0.3) is 5.91 Å². The van der Waals surface area contributed by atoms with Crippen LogP contribution in [0.15, 0.2) is 65.4 Å². The number of carbonyl (C=O) groups is 3. The van der Waals surface area contributed by atoms with Gasteiger partial charge in [-0.2, -0.15) is 0 Å². The first-order chi connectivity index (χ1) is 14.8. The van der Waals surface area contributed by atoms with Gasteiger partial charge in [-0.3, -0.25) is 9.69 Å². The molecule has 0 spiro atoms. The molecule has 1 aliphatic heterocycles. The van der Waals surface area contributed by atoms with Crippen LogP contribution in [0.2, 0.25) is 5.02 Å². The predicted molar refractivity (Wildman–Crippen MR) is 116 cm³/mol. The van der Waals surface area contributed by atoms with E-state index in [0.717, 1.165) is 0 Å². The van der Waals surface area contributed by atoms with Crippen LogP contribution in [0.25, 0.3) is 6.08 Å². The quantitative estimate of drug-likeness (QED) is 0.501. The molecule has 0 aliphatic carbocycles. The van der Waals surface area contributed by atoms with E-state index in [-0.39, 0.29) is 23.7 Å². The summed E-state index contributed by atoms with van der Waals surface area (Å²) in [5.41, 5.74) is 2.11. The largest absolute Gasteiger partial charge is 0.482 e. The van der Waals surface area contributed by atoms with Crippen LogP contribution >= 0.6 is 11.6 Å². The fourth-order valence-corrected chi connectivity index (χ4v) is 3.24. The van der Waals surface area contributed by atoms with Gasteiger partial charge >= 0.3 is 11.9 Å². The first kappa shape index (κ1) is 22.1. The maximum Gasteiger partial charge on any atom is 0.343 e. The number of methoxy groups -OCH3 is 2. The van der Waals surface area contributed by atoms with E-state index in [0.29, 0.717) is 27.7 Å². The Labute approximate surface area is 184 Å². The average molecular weight is 442 g/mol. The van der Waals surface area contributed by atoms with Crippen molar-refractivity contribution in [1.29, 1.82) is 0 Å². The van der Waals surface area contributed by atoms with E-state index in [1.165, 1.54) is 19.1 Å². The van der Waals surface area contributed by atoms with Crippen molar-refractivity contribution in [2.45, 2.75) is 6.92 Å². The average Bonchev–Trinajstić information content (AvgIpc) is 3.02. The molecule has 1 aliphatic rings. The highest BCUT2D eigenvalue weighted by molar-refractivity contribution is 6.30. The van der Waals surface area contributed by atoms with Crippen LogP contribution < -0.4 is 9.64 Å². The Balaban J connectivity index is 1.94. The van der Waals surface area contributed by atoms with Crippen molar-refractivity contribution in [2.75, 3.05) is 25.7 Å². The first-order valence-corrected chi connectivity index (χ1v) is 9.64. The zero-order valence-electron chi connectivity index (χ0n) is 17.2. The Bertz CT molecular complexity index is 1070. The minimum atomic E-state index is -0.605. The van der Waals surface area contributed by atoms with Crippen molar-refractivity contribution < 1.29 is 28.6 Å². The van der Waals surface area contributed by atoms with Crippen LogP contribution in [0.1, 0.15) is 12.5 Å². The number of halogens is 1. The third kappa shape index (κ3) is 4.78. The molecular formula is C23H20ClNO6. The van der Waals surface area contributed by atoms with Crippen molar-refractivity contribution in [1.82, 2.24) is 0 Å². The molecule has 0 unspecified atom stereocenters. The zero-order chi connectivity index (χ0) is 22.5. The minimum absolute atomic E-state index is 0.188. The molecule has 0 fully saturated rings. The van der Waals surface area contributed by atoms with Gasteiger partial charge < -0.3 is 14.2 Å². The molecule has 2 aromatic rings. The van der Waals surface area contributed by atoms with Crippen LogP contribution in [0.5, 0.6) is 5.75 Å². The van der Waals surface area contributed by atoms with E-state index in [1.807, 2.05) is 0 Å². The standard InChI is InChI=1S/C23H20ClNO6/c1-14-21(23(28)30-3)19(22(27)25(14)17-8-6-16(24)7-9-17)12-15-4-10-18(11-5-15)31-13-20(26)29-2/h4-12H,13H2,1-3H3/b19-12-. The number of ether oxygens (including phenoxy) is 3. The molecule has 0 radical (unpaired) electrons. The maximum atomic E-state index is 13.2. The lowest BCUT2D eigenvalue weighted by molar-refractivity contribution is -0.143. The SMILES string of the molecule is COC(=O)COc1ccc(/C=C2\C(=O)N(c3ccc(Cl)cc3)C(C)=C2C(=O)OC)cc1. The predicted octanol–water partition coefficient (Wildman–Crippen LogP) is 3.77. The summed E-state index contributed by atoms with van der Waals surface area (Å²) >= 11 is 5.95. The Kier molecular flexibility index (Phi) is 6.77. The van der Waals surface area contributed by atoms with Crippen molar-refractivity contribution >= 4 is 41.2 Å². The molecule has 3 rings (SSSR count). The van der Waals surface area contributed by atoms with E-state index in [9.17, 15) is 14.4 Å². The third-order valence-corrected chi connectivity index (χ3v) is 4.90. The number of benzene rings is 2. The van der Waals surface area contributed by atoms with Gasteiger partial charge in [0.1, 0.15) is 5.75 Å². The van der Waals surface area contributed by atoms with Crippen LogP contribution in [-0.2, 0) is 23.9 Å². The lowest BCUT2D eigenvalue weighted by atomic mass is 10.0. The number of amides is 1. The Morgan fingerprint density at radius 2 is 1.65 bits per heavy atom. The zero-order valence-corrected chi connectivity index (χ0v) is 17.9. The number of hydrogen-bond acceptors (Lipinski definition) is 6. The summed E-state index contributed by atoms with van der Waals surface area (Å²) in [4.78, 5) is 38.3. The van der Waals surface area contributed by atoms with E-state index in [1.54, 1.807) is 61.5 Å². The minimum Gasteiger partial charge on any atom is -0.482 e. The first-order valence-electron chi connectivity index (χ1n) is 9.26. The summed E-state index contributed by atoms with van der Waals surface area (Å²) in [7, 11) is 2.55. The van der Waals surface area contributed by atoms with Crippen molar-refractivity contribution in [3.05, 3.63) is 76.0 Å². The van der Waals surface area contributed by atoms with Gasteiger partial charge in [0.05, 0.1) is 25.4 Å². The molecule has 0 saturated heterocycles. The fourth-order valence-electron chi connectivity index (χ4n) is 3.11. The van der Waals surface area contributed by atoms with Gasteiger partial charge in [0.15, 0.2) is 6.61 Å². The molecule has 2 aromatic carbocycles. The van der Waals surface area contributed by atoms with E-state index >= 15 is 0 Å². The summed E-state index contributed by atoms with van der Waals surface area (Å²) in [6, 6.07) is 13.5. The van der Waals surface area contributed by atoms with Crippen molar-refractivity contribution in [3.63, 3.8) is 0 Å². The monoisotopic (exact) mass is 441 g/mol. The Hall–Kier alpha value is -3.58. The number of esters is 2. The highest BCUT2D eigenvalue weighted by Crippen LogP contribution is 2.35. The number of allylic oxidation sites excluding steroid dienone is 1. The second kappa shape index (κ2) is 9.49. The normalized spacial score (nSPS) is 14.8. The molecule has 1 heterocycles. The van der Waals surface area contributed by atoms with Crippen LogP contribution in [0.4, 0.5) is 5.69 Å². The summed E-state index contributed by atoms with van der Waals surface area (Å²) < 4.78 is 14.8. The van der Waals surface area contributed by atoms with Crippen LogP contribution in [-0.4, -0.2) is 38.7 Å². The highest BCUT2D eigenvalue weighted by Gasteiger charge is 2.37. The number of hydrogen-bond donors (Lipinski definition) is 0. The van der Waals surface area contributed by atoms with Gasteiger partial charge in [-0.25, -0.2) is 9.59 Å². The maximum absolute atomic E-state index is 13.2. The summed E-state index contributed by atoms with van der Waals surface area (Å²) in [5.74, 6) is -0.987. The number of carbonyl (C=O) groups excluding carboxylic acids is 3. The highest BCUT2D eigenvalue weighted by atomic mass is 35.5. The van der Waals surface area contributed by atoms with Gasteiger partial charge in [-0.1, -0.05) is 23.7 Å². The topological polar surface area (TPSA) is 82.1 Å². The van der Waals surface area contributed by atoms with Gasteiger partial charge in [-0.05, 0) is 55.0 Å². The molecular weight excluding hydrogens is 422 g/mol. The Morgan fingerprint density at radius 3 is 2.23 bits per heavy atom. The molecule has 0 N–H and O–H groups in total. The molecule has 8 heteroatoms. The van der Waals surface area contributed by atoms with Crippen LogP contribution in [0.3, 0.4) is 0 Å². The molecule has 31 heavy (non-hydrogen) atoms. The fraction of sp³-hybridized carbons (Fsp3) is 0.174. The lowest BCUT2D eigenvalue weighted by Crippen LogP contribution is -2.24. The lowest BCUT2D eigenvalue weighted by Gasteiger charge is -2.17. The molecule has 0 saturated carbocycles. The molecule has 0 aromatic heterocycles. The third-order valence-electron chi connectivity index (χ3n) is 4.65. The molecule has 0 bridgehead atoms. The van der Waals surface area contributed by atoms with Crippen molar-refractivity contribution in [2.24, 2.45) is 0 Å². The van der Waals surface area contributed by atoms with Crippen molar-refractivity contribution in [3.8, 4) is 5.75 Å². The second-order valence-electron chi connectivity index (χ2n) is 6.56. The second-order valence-corrected chi connectivity index (χ2v) is 7.00. The van der Waals surface area contributed by atoms with E-state index in [2.05, 4.69) is 4.74 Å². The number of anilines is 1. The Morgan fingerprint density at radius 1 is 1.00 bits per heavy atom. The number of nitrogens with zero attached hydrogens (tertiary/aromatic N) is 1. The molecule has 7 nitrogen and oxygen atoms in total. The van der Waals surface area contributed by atoms with E-state index in [4.69, 9.17) is 21.1 Å².